The molecule has 15 heavy (non-hydrogen) atoms. The molecule has 0 saturated carbocycles. The predicted molar refractivity (Wildman–Crippen MR) is 64.0 cm³/mol. The molecular weight excluding hydrogens is 188 g/mol. The maximum absolute atomic E-state index is 9.25. The summed E-state index contributed by atoms with van der Waals surface area (Å²) in [5, 5.41) is 12.6. The largest absolute Gasteiger partial charge is 0.395 e. The second kappa shape index (κ2) is 7.20. The molecule has 0 amide bonds. The molecule has 0 bridgehead atoms. The van der Waals surface area contributed by atoms with Crippen LogP contribution in [-0.4, -0.2) is 48.8 Å². The number of aliphatic hydroxyl groups excluding tert-OH is 1. The Labute approximate surface area is 93.9 Å². The Bertz CT molecular complexity index is 164. The molecule has 3 heteroatoms. The summed E-state index contributed by atoms with van der Waals surface area (Å²) in [6, 6.07) is 0.264. The van der Waals surface area contributed by atoms with Crippen molar-refractivity contribution in [3.63, 3.8) is 0 Å². The molecule has 2 atom stereocenters. The minimum absolute atomic E-state index is 0.257. The molecule has 90 valence electrons. The third-order valence-electron chi connectivity index (χ3n) is 3.33. The number of nitrogens with one attached hydrogen (secondary N) is 1. The summed E-state index contributed by atoms with van der Waals surface area (Å²) in [6.45, 7) is 9.14. The molecule has 2 N–H and O–H groups in total. The SMILES string of the molecule is CCCNC(CO)CN1CCC(CC)C1. The van der Waals surface area contributed by atoms with Gasteiger partial charge in [-0.15, -0.1) is 0 Å². The zero-order valence-electron chi connectivity index (χ0n) is 10.2. The highest BCUT2D eigenvalue weighted by Crippen LogP contribution is 2.18. The average Bonchev–Trinajstić information content (AvgIpc) is 2.71. The van der Waals surface area contributed by atoms with Gasteiger partial charge in [-0.3, -0.25) is 0 Å². The first kappa shape index (κ1) is 12.9. The molecule has 3 nitrogen and oxygen atoms in total. The van der Waals surface area contributed by atoms with Gasteiger partial charge in [0.15, 0.2) is 0 Å². The van der Waals surface area contributed by atoms with E-state index in [1.54, 1.807) is 0 Å². The second-order valence-electron chi connectivity index (χ2n) is 4.66. The Morgan fingerprint density at radius 1 is 1.47 bits per heavy atom. The predicted octanol–water partition coefficient (Wildman–Crippen LogP) is 1.08. The van der Waals surface area contributed by atoms with Crippen LogP contribution in [0.25, 0.3) is 0 Å². The van der Waals surface area contributed by atoms with Crippen LogP contribution in [-0.2, 0) is 0 Å². The van der Waals surface area contributed by atoms with Gasteiger partial charge in [-0.25, -0.2) is 0 Å². The van der Waals surface area contributed by atoms with Crippen molar-refractivity contribution in [3.8, 4) is 0 Å². The van der Waals surface area contributed by atoms with Gasteiger partial charge >= 0.3 is 0 Å². The molecule has 0 aromatic heterocycles. The van der Waals surface area contributed by atoms with Crippen molar-refractivity contribution in [2.24, 2.45) is 5.92 Å². The van der Waals surface area contributed by atoms with Gasteiger partial charge in [0.05, 0.1) is 6.61 Å². The van der Waals surface area contributed by atoms with Crippen LogP contribution < -0.4 is 5.32 Å². The van der Waals surface area contributed by atoms with Gasteiger partial charge in [-0.05, 0) is 31.8 Å². The zero-order valence-corrected chi connectivity index (χ0v) is 10.2. The van der Waals surface area contributed by atoms with Crippen molar-refractivity contribution in [2.45, 2.75) is 39.2 Å². The van der Waals surface area contributed by atoms with E-state index in [1.807, 2.05) is 0 Å². The van der Waals surface area contributed by atoms with E-state index >= 15 is 0 Å². The molecule has 1 rings (SSSR count). The Balaban J connectivity index is 2.20. The molecule has 1 aliphatic rings. The number of likely N-dealkylation sites (tertiary alicyclic amines) is 1. The maximum atomic E-state index is 9.25. The molecule has 0 aliphatic carbocycles. The molecule has 0 spiro atoms. The molecular formula is C12H26N2O. The topological polar surface area (TPSA) is 35.5 Å². The normalized spacial score (nSPS) is 24.6. The number of aliphatic hydroxyl groups is 1. The van der Waals surface area contributed by atoms with E-state index in [9.17, 15) is 5.11 Å². The molecule has 2 unspecified atom stereocenters. The quantitative estimate of drug-likeness (QED) is 0.665. The van der Waals surface area contributed by atoms with E-state index in [0.29, 0.717) is 0 Å². The third kappa shape index (κ3) is 4.49. The lowest BCUT2D eigenvalue weighted by atomic mass is 10.1. The monoisotopic (exact) mass is 214 g/mol. The van der Waals surface area contributed by atoms with Crippen LogP contribution in [0.2, 0.25) is 0 Å². The van der Waals surface area contributed by atoms with Crippen molar-refractivity contribution in [1.82, 2.24) is 10.2 Å². The summed E-state index contributed by atoms with van der Waals surface area (Å²) in [7, 11) is 0. The molecule has 1 aliphatic heterocycles. The van der Waals surface area contributed by atoms with E-state index < -0.39 is 0 Å². The second-order valence-corrected chi connectivity index (χ2v) is 4.66. The van der Waals surface area contributed by atoms with E-state index in [0.717, 1.165) is 25.4 Å². The maximum Gasteiger partial charge on any atom is 0.0597 e. The fraction of sp³-hybridized carbons (Fsp3) is 1.00. The fourth-order valence-corrected chi connectivity index (χ4v) is 2.26. The van der Waals surface area contributed by atoms with Crippen molar-refractivity contribution in [1.29, 1.82) is 0 Å². The number of nitrogens with zero attached hydrogens (tertiary/aromatic N) is 1. The highest BCUT2D eigenvalue weighted by atomic mass is 16.3. The van der Waals surface area contributed by atoms with Crippen molar-refractivity contribution in [3.05, 3.63) is 0 Å². The van der Waals surface area contributed by atoms with Gasteiger partial charge in [-0.1, -0.05) is 20.3 Å². The van der Waals surface area contributed by atoms with Crippen LogP contribution in [0.5, 0.6) is 0 Å². The van der Waals surface area contributed by atoms with Crippen molar-refractivity contribution < 1.29 is 5.11 Å². The molecule has 1 fully saturated rings. The summed E-state index contributed by atoms with van der Waals surface area (Å²) >= 11 is 0. The van der Waals surface area contributed by atoms with E-state index in [4.69, 9.17) is 0 Å². The Morgan fingerprint density at radius 2 is 2.27 bits per heavy atom. The Morgan fingerprint density at radius 3 is 2.80 bits per heavy atom. The molecule has 0 aromatic rings. The van der Waals surface area contributed by atoms with Crippen LogP contribution in [0.3, 0.4) is 0 Å². The van der Waals surface area contributed by atoms with E-state index in [2.05, 4.69) is 24.1 Å². The van der Waals surface area contributed by atoms with E-state index in [1.165, 1.54) is 25.9 Å². The lowest BCUT2D eigenvalue weighted by molar-refractivity contribution is 0.196. The number of rotatable bonds is 7. The van der Waals surface area contributed by atoms with Crippen LogP contribution >= 0.6 is 0 Å². The number of hydrogen-bond donors (Lipinski definition) is 2. The average molecular weight is 214 g/mol. The van der Waals surface area contributed by atoms with Gasteiger partial charge in [0, 0.05) is 19.1 Å². The zero-order chi connectivity index (χ0) is 11.1. The van der Waals surface area contributed by atoms with Gasteiger partial charge in [-0.2, -0.15) is 0 Å². The first-order chi connectivity index (χ1) is 7.30. The first-order valence-corrected chi connectivity index (χ1v) is 6.36. The van der Waals surface area contributed by atoms with Crippen molar-refractivity contribution >= 4 is 0 Å². The highest BCUT2D eigenvalue weighted by molar-refractivity contribution is 4.79. The molecule has 1 saturated heterocycles. The summed E-state index contributed by atoms with van der Waals surface area (Å²) in [4.78, 5) is 2.48. The highest BCUT2D eigenvalue weighted by Gasteiger charge is 2.22. The summed E-state index contributed by atoms with van der Waals surface area (Å²) < 4.78 is 0. The van der Waals surface area contributed by atoms with Crippen LogP contribution in [0.1, 0.15) is 33.1 Å². The fourth-order valence-electron chi connectivity index (χ4n) is 2.26. The van der Waals surface area contributed by atoms with Crippen LogP contribution in [0.15, 0.2) is 0 Å². The summed E-state index contributed by atoms with van der Waals surface area (Å²) in [6.07, 6.45) is 3.76. The van der Waals surface area contributed by atoms with Gasteiger partial charge < -0.3 is 15.3 Å². The van der Waals surface area contributed by atoms with Gasteiger partial charge in [0.1, 0.15) is 0 Å². The summed E-state index contributed by atoms with van der Waals surface area (Å²) in [5.41, 5.74) is 0. The Hall–Kier alpha value is -0.120. The van der Waals surface area contributed by atoms with Crippen LogP contribution in [0, 0.1) is 5.92 Å². The standard InChI is InChI=1S/C12H26N2O/c1-3-6-13-12(10-15)9-14-7-5-11(4-2)8-14/h11-13,15H,3-10H2,1-2H3. The lowest BCUT2D eigenvalue weighted by Crippen LogP contribution is -2.43. The summed E-state index contributed by atoms with van der Waals surface area (Å²) in [5.74, 6) is 0.885. The molecule has 1 heterocycles. The molecule has 0 radical (unpaired) electrons. The van der Waals surface area contributed by atoms with Crippen LogP contribution in [0.4, 0.5) is 0 Å². The first-order valence-electron chi connectivity index (χ1n) is 6.36. The third-order valence-corrected chi connectivity index (χ3v) is 3.33. The van der Waals surface area contributed by atoms with Gasteiger partial charge in [0.2, 0.25) is 0 Å². The molecule has 0 aromatic carbocycles. The lowest BCUT2D eigenvalue weighted by Gasteiger charge is -2.23. The number of hydrogen-bond acceptors (Lipinski definition) is 3. The minimum atomic E-state index is 0.257. The van der Waals surface area contributed by atoms with Gasteiger partial charge in [0.25, 0.3) is 0 Å². The Kier molecular flexibility index (Phi) is 6.22. The minimum Gasteiger partial charge on any atom is -0.395 e. The van der Waals surface area contributed by atoms with E-state index in [-0.39, 0.29) is 12.6 Å². The smallest absolute Gasteiger partial charge is 0.0597 e. The van der Waals surface area contributed by atoms with Crippen molar-refractivity contribution in [2.75, 3.05) is 32.8 Å².